The van der Waals surface area contributed by atoms with Gasteiger partial charge in [0.25, 0.3) is 0 Å². The Morgan fingerprint density at radius 1 is 0.915 bits per heavy atom. The number of benzene rings is 3. The number of ether oxygens (including phenoxy) is 3. The lowest BCUT2D eigenvalue weighted by Crippen LogP contribution is -2.25. The second kappa shape index (κ2) is 14.7. The quantitative estimate of drug-likeness (QED) is 0.0965. The highest BCUT2D eigenvalue weighted by Crippen LogP contribution is 2.44. The number of nitrogens with zero attached hydrogens (tertiary/aromatic N) is 2. The number of aromatic nitrogens is 1. The van der Waals surface area contributed by atoms with Gasteiger partial charge in [-0.2, -0.15) is 13.2 Å². The van der Waals surface area contributed by atoms with Crippen LogP contribution < -0.4 is 20.1 Å². The molecule has 0 unspecified atom stereocenters. The molecule has 0 spiro atoms. The number of anilines is 2. The summed E-state index contributed by atoms with van der Waals surface area (Å²) in [5.74, 6) is -2.91. The van der Waals surface area contributed by atoms with E-state index in [0.29, 0.717) is 11.5 Å². The first-order chi connectivity index (χ1) is 22.3. The molecule has 0 atom stereocenters. The number of methoxy groups -OCH3 is 3. The number of aliphatic hydroxyl groups excluding tert-OH is 1. The van der Waals surface area contributed by atoms with Crippen LogP contribution >= 0.6 is 0 Å². The number of alkyl halides is 3. The van der Waals surface area contributed by atoms with E-state index in [0.717, 1.165) is 18.2 Å². The summed E-state index contributed by atoms with van der Waals surface area (Å²) >= 11 is 0. The van der Waals surface area contributed by atoms with Gasteiger partial charge in [-0.3, -0.25) is 0 Å². The van der Waals surface area contributed by atoms with E-state index < -0.39 is 70.4 Å². The Kier molecular flexibility index (Phi) is 10.9. The number of aliphatic hydroxyl groups is 1. The molecule has 1 aromatic heterocycles. The Hall–Kier alpha value is -4.91. The number of aryl methyl sites for hydroxylation is 1. The molecular formula is C34H34F5N3O5. The zero-order chi connectivity index (χ0) is 34.5. The molecule has 4 aromatic rings. The summed E-state index contributed by atoms with van der Waals surface area (Å²) in [4.78, 5) is 18.4. The van der Waals surface area contributed by atoms with Gasteiger partial charge in [0, 0.05) is 30.8 Å². The van der Waals surface area contributed by atoms with Crippen LogP contribution in [0, 0.1) is 18.6 Å². The normalized spacial score (nSPS) is 11.4. The van der Waals surface area contributed by atoms with Crippen LogP contribution in [0.5, 0.6) is 11.5 Å². The van der Waals surface area contributed by atoms with Gasteiger partial charge in [-0.1, -0.05) is 24.3 Å². The molecule has 0 saturated heterocycles. The second-order valence-electron chi connectivity index (χ2n) is 10.7. The monoisotopic (exact) mass is 659 g/mol. The van der Waals surface area contributed by atoms with Crippen molar-refractivity contribution < 1.29 is 46.1 Å². The number of pyridine rings is 1. The van der Waals surface area contributed by atoms with Crippen LogP contribution in [0.15, 0.2) is 54.6 Å². The van der Waals surface area contributed by atoms with Gasteiger partial charge in [0.15, 0.2) is 5.82 Å². The van der Waals surface area contributed by atoms with Crippen molar-refractivity contribution >= 4 is 17.5 Å². The number of esters is 1. The smallest absolute Gasteiger partial charge is 0.418 e. The number of hydrogen-bond acceptors (Lipinski definition) is 8. The first-order valence-electron chi connectivity index (χ1n) is 14.4. The lowest BCUT2D eigenvalue weighted by molar-refractivity contribution is -0.137. The molecule has 0 aliphatic rings. The lowest BCUT2D eigenvalue weighted by Gasteiger charge is -2.27. The van der Waals surface area contributed by atoms with E-state index in [1.807, 2.05) is 0 Å². The van der Waals surface area contributed by atoms with E-state index in [1.165, 1.54) is 27.2 Å². The van der Waals surface area contributed by atoms with E-state index in [4.69, 9.17) is 15.2 Å². The number of nitrogen functional groups attached to an aromatic ring is 1. The van der Waals surface area contributed by atoms with Crippen molar-refractivity contribution in [3.05, 3.63) is 99.6 Å². The Labute approximate surface area is 268 Å². The van der Waals surface area contributed by atoms with Crippen LogP contribution in [-0.4, -0.2) is 44.0 Å². The number of halogens is 5. The summed E-state index contributed by atoms with van der Waals surface area (Å²) in [6, 6.07) is 15.3. The molecule has 3 N–H and O–H groups in total. The van der Waals surface area contributed by atoms with Gasteiger partial charge in [0.1, 0.15) is 28.7 Å². The van der Waals surface area contributed by atoms with Gasteiger partial charge < -0.3 is 30.0 Å². The molecule has 8 nitrogen and oxygen atoms in total. The molecule has 0 aliphatic carbocycles. The number of carbonyl (C=O) groups is 1. The summed E-state index contributed by atoms with van der Waals surface area (Å²) in [5, 5.41) is 9.47. The third-order valence-electron chi connectivity index (χ3n) is 7.60. The highest BCUT2D eigenvalue weighted by molar-refractivity contribution is 5.97. The molecule has 0 radical (unpaired) electrons. The minimum absolute atomic E-state index is 0.0284. The maximum atomic E-state index is 16.2. The number of hydrogen-bond donors (Lipinski definition) is 2. The van der Waals surface area contributed by atoms with E-state index in [9.17, 15) is 23.1 Å². The molecule has 0 aliphatic heterocycles. The molecule has 0 bridgehead atoms. The summed E-state index contributed by atoms with van der Waals surface area (Å²) in [6.07, 6.45) is -5.63. The SMILES string of the molecule is COC(=O)c1c(N)c(F)c(-c2nc(N(Cc3ccc(OC)cc3)Cc3ccc(OC)cc3)cc(C)c2C(F)(F)F)c(CCCO)c1F. The van der Waals surface area contributed by atoms with Crippen LogP contribution in [0.3, 0.4) is 0 Å². The standard InChI is InChI=1S/C34H34F5N3O5/c1-19-16-25(42(17-20-7-11-22(45-2)12-8-20)18-21-9-13-23(46-3)14-10-21)41-32(28(19)34(37,38)39)26-24(6-5-15-43)29(35)27(33(44)47-4)31(40)30(26)36/h7-14,16,43H,5-6,15,17-18,40H2,1-4H3. The molecule has 1 heterocycles. The maximum Gasteiger partial charge on any atom is 0.418 e. The lowest BCUT2D eigenvalue weighted by atomic mass is 9.91. The number of nitrogens with two attached hydrogens (primary N) is 1. The average Bonchev–Trinajstić information content (AvgIpc) is 3.05. The Morgan fingerprint density at radius 2 is 1.45 bits per heavy atom. The largest absolute Gasteiger partial charge is 0.497 e. The molecule has 4 rings (SSSR count). The minimum atomic E-state index is -5.05. The molecule has 0 fully saturated rings. The Morgan fingerprint density at radius 3 is 1.89 bits per heavy atom. The average molecular weight is 660 g/mol. The fraction of sp³-hybridized carbons (Fsp3) is 0.294. The minimum Gasteiger partial charge on any atom is -0.497 e. The van der Waals surface area contributed by atoms with Crippen LogP contribution in [0.1, 0.15) is 44.6 Å². The molecule has 0 amide bonds. The van der Waals surface area contributed by atoms with Crippen molar-refractivity contribution in [1.82, 2.24) is 4.98 Å². The second-order valence-corrected chi connectivity index (χ2v) is 10.7. The highest BCUT2D eigenvalue weighted by atomic mass is 19.4. The van der Waals surface area contributed by atoms with Crippen LogP contribution in [0.25, 0.3) is 11.3 Å². The molecule has 250 valence electrons. The topological polar surface area (TPSA) is 107 Å². The molecular weight excluding hydrogens is 625 g/mol. The highest BCUT2D eigenvalue weighted by Gasteiger charge is 2.40. The van der Waals surface area contributed by atoms with Gasteiger partial charge in [0.2, 0.25) is 0 Å². The van der Waals surface area contributed by atoms with Crippen LogP contribution in [0.4, 0.5) is 33.5 Å². The van der Waals surface area contributed by atoms with Crippen molar-refractivity contribution in [2.45, 2.75) is 39.0 Å². The van der Waals surface area contributed by atoms with Crippen LogP contribution in [-0.2, 0) is 30.4 Å². The van der Waals surface area contributed by atoms with Gasteiger partial charge >= 0.3 is 12.1 Å². The van der Waals surface area contributed by atoms with Crippen molar-refractivity contribution in [2.75, 3.05) is 38.6 Å². The first-order valence-corrected chi connectivity index (χ1v) is 14.4. The van der Waals surface area contributed by atoms with Crippen LogP contribution in [0.2, 0.25) is 0 Å². The molecule has 47 heavy (non-hydrogen) atoms. The van der Waals surface area contributed by atoms with Crippen molar-refractivity contribution in [3.63, 3.8) is 0 Å². The summed E-state index contributed by atoms with van der Waals surface area (Å²) in [6.45, 7) is 1.02. The van der Waals surface area contributed by atoms with Crippen molar-refractivity contribution in [1.29, 1.82) is 0 Å². The van der Waals surface area contributed by atoms with E-state index in [1.54, 1.807) is 53.4 Å². The van der Waals surface area contributed by atoms with Gasteiger partial charge in [0.05, 0.1) is 38.3 Å². The Balaban J connectivity index is 2.01. The zero-order valence-electron chi connectivity index (χ0n) is 26.2. The predicted octanol–water partition coefficient (Wildman–Crippen LogP) is 6.87. The van der Waals surface area contributed by atoms with Gasteiger partial charge in [-0.15, -0.1) is 0 Å². The number of carbonyl (C=O) groups excluding carboxylic acids is 1. The first kappa shape index (κ1) is 35.0. The summed E-state index contributed by atoms with van der Waals surface area (Å²) in [5.41, 5.74) is 1.40. The van der Waals surface area contributed by atoms with Crippen molar-refractivity contribution in [3.8, 4) is 22.8 Å². The van der Waals surface area contributed by atoms with Crippen molar-refractivity contribution in [2.24, 2.45) is 0 Å². The third-order valence-corrected chi connectivity index (χ3v) is 7.60. The van der Waals surface area contributed by atoms with E-state index in [-0.39, 0.29) is 30.9 Å². The van der Waals surface area contributed by atoms with E-state index in [2.05, 4.69) is 9.72 Å². The maximum absolute atomic E-state index is 16.2. The number of rotatable bonds is 12. The predicted molar refractivity (Wildman–Crippen MR) is 166 cm³/mol. The molecule has 0 saturated carbocycles. The summed E-state index contributed by atoms with van der Waals surface area (Å²) in [7, 11) is 3.96. The third kappa shape index (κ3) is 7.57. The fourth-order valence-electron chi connectivity index (χ4n) is 5.27. The molecule has 3 aromatic carbocycles. The Bertz CT molecular complexity index is 1680. The molecule has 13 heteroatoms. The van der Waals surface area contributed by atoms with Gasteiger partial charge in [-0.25, -0.2) is 18.6 Å². The fourth-order valence-corrected chi connectivity index (χ4v) is 5.27. The summed E-state index contributed by atoms with van der Waals surface area (Å²) < 4.78 is 91.3. The zero-order valence-corrected chi connectivity index (χ0v) is 26.2. The van der Waals surface area contributed by atoms with Gasteiger partial charge in [-0.05, 0) is 66.8 Å². The van der Waals surface area contributed by atoms with E-state index >= 15 is 8.78 Å².